The van der Waals surface area contributed by atoms with E-state index in [-0.39, 0.29) is 6.54 Å². The van der Waals surface area contributed by atoms with E-state index < -0.39 is 24.4 Å². The number of anilines is 2. The van der Waals surface area contributed by atoms with E-state index in [2.05, 4.69) is 28.8 Å². The molecule has 0 aromatic heterocycles. The standard InChI is InChI=1S/C15H20F2N2O2/c1-3-19(4-2)12-7-5-11(6-8-12)18-10-13-9-15(16,17)14(20)21-13/h5-8,13,18H,3-4,9-10H2,1-2H3. The minimum atomic E-state index is -3.35. The number of hydrogen-bond acceptors (Lipinski definition) is 4. The number of cyclic esters (lactones) is 1. The number of halogens is 2. The summed E-state index contributed by atoms with van der Waals surface area (Å²) in [6, 6.07) is 7.74. The Balaban J connectivity index is 1.89. The summed E-state index contributed by atoms with van der Waals surface area (Å²) in [5.74, 6) is -4.77. The molecule has 4 nitrogen and oxygen atoms in total. The Morgan fingerprint density at radius 1 is 1.29 bits per heavy atom. The summed E-state index contributed by atoms with van der Waals surface area (Å²) in [4.78, 5) is 13.1. The maximum absolute atomic E-state index is 13.0. The molecule has 0 radical (unpaired) electrons. The number of hydrogen-bond donors (Lipinski definition) is 1. The van der Waals surface area contributed by atoms with Crippen LogP contribution in [0.1, 0.15) is 20.3 Å². The number of nitrogens with one attached hydrogen (secondary N) is 1. The topological polar surface area (TPSA) is 41.6 Å². The second-order valence-corrected chi connectivity index (χ2v) is 5.04. The number of carbonyl (C=O) groups is 1. The van der Waals surface area contributed by atoms with E-state index in [1.54, 1.807) is 0 Å². The lowest BCUT2D eigenvalue weighted by atomic mass is 10.2. The van der Waals surface area contributed by atoms with Crippen LogP contribution in [-0.4, -0.2) is 37.6 Å². The molecule has 0 aliphatic carbocycles. The van der Waals surface area contributed by atoms with Crippen molar-refractivity contribution < 1.29 is 18.3 Å². The molecule has 1 fully saturated rings. The van der Waals surface area contributed by atoms with Gasteiger partial charge in [-0.25, -0.2) is 4.79 Å². The Morgan fingerprint density at radius 2 is 1.90 bits per heavy atom. The fourth-order valence-electron chi connectivity index (χ4n) is 2.37. The van der Waals surface area contributed by atoms with Crippen molar-refractivity contribution in [3.8, 4) is 0 Å². The average Bonchev–Trinajstić information content (AvgIpc) is 2.72. The molecule has 1 atom stereocenters. The van der Waals surface area contributed by atoms with Gasteiger partial charge < -0.3 is 15.0 Å². The summed E-state index contributed by atoms with van der Waals surface area (Å²) in [7, 11) is 0. The number of benzene rings is 1. The fourth-order valence-corrected chi connectivity index (χ4v) is 2.37. The lowest BCUT2D eigenvalue weighted by Crippen LogP contribution is -2.22. The second-order valence-electron chi connectivity index (χ2n) is 5.04. The van der Waals surface area contributed by atoms with Crippen molar-refractivity contribution in [3.05, 3.63) is 24.3 Å². The van der Waals surface area contributed by atoms with Gasteiger partial charge in [0, 0.05) is 24.5 Å². The minimum absolute atomic E-state index is 0.186. The number of esters is 1. The highest BCUT2D eigenvalue weighted by Crippen LogP contribution is 2.31. The summed E-state index contributed by atoms with van der Waals surface area (Å²) in [5, 5.41) is 3.02. The molecule has 0 bridgehead atoms. The Kier molecular flexibility index (Phi) is 4.65. The summed E-state index contributed by atoms with van der Waals surface area (Å²) in [6.45, 7) is 6.22. The molecule has 1 aliphatic rings. The summed E-state index contributed by atoms with van der Waals surface area (Å²) in [5.41, 5.74) is 1.93. The molecule has 116 valence electrons. The van der Waals surface area contributed by atoms with E-state index in [1.165, 1.54) is 0 Å². The number of ether oxygens (including phenoxy) is 1. The lowest BCUT2D eigenvalue weighted by molar-refractivity contribution is -0.158. The highest BCUT2D eigenvalue weighted by atomic mass is 19.3. The molecule has 1 saturated heterocycles. The normalized spacial score (nSPS) is 20.2. The van der Waals surface area contributed by atoms with Crippen molar-refractivity contribution in [2.45, 2.75) is 32.3 Å². The van der Waals surface area contributed by atoms with E-state index in [0.717, 1.165) is 24.5 Å². The fraction of sp³-hybridized carbons (Fsp3) is 0.533. The molecule has 21 heavy (non-hydrogen) atoms. The molecule has 0 spiro atoms. The smallest absolute Gasteiger partial charge is 0.377 e. The molecule has 0 saturated carbocycles. The highest BCUT2D eigenvalue weighted by molar-refractivity contribution is 5.79. The quantitative estimate of drug-likeness (QED) is 0.820. The largest absolute Gasteiger partial charge is 0.456 e. The van der Waals surface area contributed by atoms with Gasteiger partial charge in [0.1, 0.15) is 6.10 Å². The number of alkyl halides is 2. The number of rotatable bonds is 6. The van der Waals surface area contributed by atoms with Crippen LogP contribution in [-0.2, 0) is 9.53 Å². The molecular weight excluding hydrogens is 278 g/mol. The number of nitrogens with zero attached hydrogens (tertiary/aromatic N) is 1. The van der Waals surface area contributed by atoms with Crippen molar-refractivity contribution >= 4 is 17.3 Å². The van der Waals surface area contributed by atoms with Crippen LogP contribution in [0.15, 0.2) is 24.3 Å². The first-order valence-corrected chi connectivity index (χ1v) is 7.14. The molecule has 6 heteroatoms. The van der Waals surface area contributed by atoms with Gasteiger partial charge in [-0.15, -0.1) is 0 Å². The van der Waals surface area contributed by atoms with E-state index >= 15 is 0 Å². The van der Waals surface area contributed by atoms with Crippen molar-refractivity contribution in [1.29, 1.82) is 0 Å². The van der Waals surface area contributed by atoms with E-state index in [4.69, 9.17) is 0 Å². The van der Waals surface area contributed by atoms with Gasteiger partial charge in [-0.05, 0) is 38.1 Å². The molecule has 1 unspecified atom stereocenters. The van der Waals surface area contributed by atoms with Crippen LogP contribution in [0, 0.1) is 0 Å². The van der Waals surface area contributed by atoms with Gasteiger partial charge in [-0.1, -0.05) is 0 Å². The monoisotopic (exact) mass is 298 g/mol. The van der Waals surface area contributed by atoms with Gasteiger partial charge in [-0.2, -0.15) is 8.78 Å². The van der Waals surface area contributed by atoms with Crippen molar-refractivity contribution in [2.24, 2.45) is 0 Å². The first-order valence-electron chi connectivity index (χ1n) is 7.14. The summed E-state index contributed by atoms with van der Waals surface area (Å²) < 4.78 is 30.7. The van der Waals surface area contributed by atoms with Gasteiger partial charge in [-0.3, -0.25) is 0 Å². The van der Waals surface area contributed by atoms with Gasteiger partial charge in [0.2, 0.25) is 0 Å². The van der Waals surface area contributed by atoms with Crippen molar-refractivity contribution in [1.82, 2.24) is 0 Å². The van der Waals surface area contributed by atoms with E-state index in [1.807, 2.05) is 24.3 Å². The van der Waals surface area contributed by atoms with Gasteiger partial charge in [0.05, 0.1) is 13.0 Å². The van der Waals surface area contributed by atoms with E-state index in [0.29, 0.717) is 0 Å². The van der Waals surface area contributed by atoms with Crippen LogP contribution in [0.4, 0.5) is 20.2 Å². The third-order valence-electron chi connectivity index (χ3n) is 3.59. The molecule has 1 aromatic carbocycles. The molecule has 1 aromatic rings. The number of carbonyl (C=O) groups excluding carboxylic acids is 1. The van der Waals surface area contributed by atoms with Crippen LogP contribution < -0.4 is 10.2 Å². The van der Waals surface area contributed by atoms with Crippen molar-refractivity contribution in [3.63, 3.8) is 0 Å². The summed E-state index contributed by atoms with van der Waals surface area (Å²) in [6.07, 6.45) is -1.34. The third kappa shape index (κ3) is 3.62. The Labute approximate surface area is 123 Å². The SMILES string of the molecule is CCN(CC)c1ccc(NCC2CC(F)(F)C(=O)O2)cc1. The van der Waals surface area contributed by atoms with Gasteiger partial charge in [0.25, 0.3) is 0 Å². The van der Waals surface area contributed by atoms with Gasteiger partial charge >= 0.3 is 11.9 Å². The zero-order valence-electron chi connectivity index (χ0n) is 12.2. The highest BCUT2D eigenvalue weighted by Gasteiger charge is 2.50. The van der Waals surface area contributed by atoms with Crippen LogP contribution in [0.25, 0.3) is 0 Å². The molecule has 0 amide bonds. The average molecular weight is 298 g/mol. The first-order chi connectivity index (χ1) is 9.96. The van der Waals surface area contributed by atoms with Crippen LogP contribution in [0.2, 0.25) is 0 Å². The summed E-state index contributed by atoms with van der Waals surface area (Å²) >= 11 is 0. The predicted octanol–water partition coefficient (Wildman–Crippen LogP) is 2.90. The van der Waals surface area contributed by atoms with E-state index in [9.17, 15) is 13.6 Å². The van der Waals surface area contributed by atoms with Crippen LogP contribution in [0.5, 0.6) is 0 Å². The molecule has 1 heterocycles. The third-order valence-corrected chi connectivity index (χ3v) is 3.59. The maximum atomic E-state index is 13.0. The Hall–Kier alpha value is -1.85. The Morgan fingerprint density at radius 3 is 2.38 bits per heavy atom. The van der Waals surface area contributed by atoms with Crippen LogP contribution in [0.3, 0.4) is 0 Å². The predicted molar refractivity (Wildman–Crippen MR) is 77.9 cm³/mol. The van der Waals surface area contributed by atoms with Crippen LogP contribution >= 0.6 is 0 Å². The van der Waals surface area contributed by atoms with Gasteiger partial charge in [0.15, 0.2) is 0 Å². The molecular formula is C15H20F2N2O2. The van der Waals surface area contributed by atoms with Crippen molar-refractivity contribution in [2.75, 3.05) is 29.9 Å². The molecule has 1 N–H and O–H groups in total. The first kappa shape index (κ1) is 15.5. The maximum Gasteiger partial charge on any atom is 0.377 e. The second kappa shape index (κ2) is 6.28. The zero-order valence-corrected chi connectivity index (χ0v) is 12.2. The minimum Gasteiger partial charge on any atom is -0.456 e. The Bertz CT molecular complexity index is 487. The zero-order chi connectivity index (χ0) is 15.5. The molecule has 1 aliphatic heterocycles. The molecule has 2 rings (SSSR count). The lowest BCUT2D eigenvalue weighted by Gasteiger charge is -2.21.